The van der Waals surface area contributed by atoms with Gasteiger partial charge in [0, 0.05) is 0 Å². The average Bonchev–Trinajstić information content (AvgIpc) is 3.06. The van der Waals surface area contributed by atoms with Crippen molar-refractivity contribution in [3.63, 3.8) is 0 Å². The molecular weight excluding hydrogens is 469 g/mol. The number of fused-ring (bicyclic) bond motifs is 2. The summed E-state index contributed by atoms with van der Waals surface area (Å²) in [5.74, 6) is 0.399. The van der Waals surface area contributed by atoms with Crippen molar-refractivity contribution < 1.29 is 63.5 Å². The Morgan fingerprint density at radius 3 is 2.42 bits per heavy atom. The van der Waals surface area contributed by atoms with Gasteiger partial charge in [-0.15, -0.1) is 0 Å². The van der Waals surface area contributed by atoms with Crippen LogP contribution >= 0.6 is 7.60 Å². The van der Waals surface area contributed by atoms with Crippen molar-refractivity contribution in [1.29, 1.82) is 0 Å². The molecular formula is C19H14Cl2O3PZr. The maximum atomic E-state index is 13.0. The predicted octanol–water partition coefficient (Wildman–Crippen LogP) is -3.00. The van der Waals surface area contributed by atoms with Crippen molar-refractivity contribution in [3.8, 4) is 0 Å². The third-order valence-electron chi connectivity index (χ3n) is 4.27. The van der Waals surface area contributed by atoms with Gasteiger partial charge in [-0.3, -0.25) is 0 Å². The fourth-order valence-electron chi connectivity index (χ4n) is 3.09. The summed E-state index contributed by atoms with van der Waals surface area (Å²) in [6, 6.07) is 15.5. The van der Waals surface area contributed by atoms with Gasteiger partial charge in [-0.2, -0.15) is 0 Å². The van der Waals surface area contributed by atoms with Gasteiger partial charge in [-0.25, -0.2) is 0 Å². The van der Waals surface area contributed by atoms with Crippen molar-refractivity contribution in [2.75, 3.05) is 0 Å². The number of hydrogen-bond acceptors (Lipinski definition) is 2. The molecule has 0 radical (unpaired) electrons. The molecule has 2 aliphatic rings. The summed E-state index contributed by atoms with van der Waals surface area (Å²) in [6.45, 7) is 3.96. The van der Waals surface area contributed by atoms with E-state index in [0.717, 1.165) is 21.6 Å². The van der Waals surface area contributed by atoms with E-state index in [4.69, 9.17) is 4.52 Å². The molecule has 2 aliphatic carbocycles. The van der Waals surface area contributed by atoms with Gasteiger partial charge in [-0.1, -0.05) is 0 Å². The predicted molar refractivity (Wildman–Crippen MR) is 90.8 cm³/mol. The Labute approximate surface area is 179 Å². The Balaban J connectivity index is 0.00000121. The second kappa shape index (κ2) is 8.01. The van der Waals surface area contributed by atoms with Crippen molar-refractivity contribution >= 4 is 25.5 Å². The normalized spacial score (nSPS) is 19.2. The number of halogens is 2. The second-order valence-corrected chi connectivity index (χ2v) is 8.99. The second-order valence-electron chi connectivity index (χ2n) is 5.83. The molecule has 3 nitrogen and oxygen atoms in total. The van der Waals surface area contributed by atoms with E-state index in [1.54, 1.807) is 6.08 Å². The van der Waals surface area contributed by atoms with Crippen LogP contribution in [0.15, 0.2) is 66.0 Å². The molecule has 0 spiro atoms. The van der Waals surface area contributed by atoms with Crippen LogP contribution in [0.5, 0.6) is 0 Å². The Hall–Kier alpha value is -0.887. The monoisotopic (exact) mass is 481 g/mol. The third kappa shape index (κ3) is 3.59. The summed E-state index contributed by atoms with van der Waals surface area (Å²) < 4.78 is 18.6. The van der Waals surface area contributed by atoms with Gasteiger partial charge in [0.15, 0.2) is 0 Å². The zero-order valence-electron chi connectivity index (χ0n) is 13.5. The number of allylic oxidation sites excluding steroid dienone is 1. The molecule has 2 atom stereocenters. The van der Waals surface area contributed by atoms with Crippen molar-refractivity contribution in [1.82, 2.24) is 0 Å². The van der Waals surface area contributed by atoms with Crippen LogP contribution < -0.4 is 35.3 Å². The van der Waals surface area contributed by atoms with Gasteiger partial charge in [0.1, 0.15) is 0 Å². The van der Waals surface area contributed by atoms with E-state index in [1.165, 1.54) is 24.7 Å². The number of hydrogen-bond donors (Lipinski definition) is 1. The number of rotatable bonds is 3. The molecule has 131 valence electrons. The molecule has 0 aromatic heterocycles. The van der Waals surface area contributed by atoms with Crippen LogP contribution in [0.2, 0.25) is 0 Å². The van der Waals surface area contributed by atoms with Crippen LogP contribution in [0.25, 0.3) is 17.9 Å². The summed E-state index contributed by atoms with van der Waals surface area (Å²) in [5, 5.41) is 2.24. The zero-order valence-corrected chi connectivity index (χ0v) is 18.4. The zero-order chi connectivity index (χ0) is 16.9. The summed E-state index contributed by atoms with van der Waals surface area (Å²) in [7, 11) is -3.96. The molecule has 2 aromatic carbocycles. The standard InChI is InChI=1S/C19H14O3P.2ClH.Zr/c1-13-10-16-8-4-5-9-18(16)19(13)22-23(20,21)17-11-14-6-2-3-7-15(14)12-17;;;/h2-12H,1H2,(H,20,21);2*1H;/q;;;+2/p-2. The molecule has 0 amide bonds. The molecule has 0 heterocycles. The largest absolute Gasteiger partial charge is 1.00 e. The van der Waals surface area contributed by atoms with Crippen molar-refractivity contribution in [2.24, 2.45) is 0 Å². The maximum absolute atomic E-state index is 13.0. The van der Waals surface area contributed by atoms with Gasteiger partial charge in [0.2, 0.25) is 0 Å². The van der Waals surface area contributed by atoms with Crippen LogP contribution in [0.4, 0.5) is 0 Å². The first kappa shape index (κ1) is 21.4. The quantitative estimate of drug-likeness (QED) is 0.474. The van der Waals surface area contributed by atoms with E-state index in [1.807, 2.05) is 54.6 Å². The van der Waals surface area contributed by atoms with Crippen LogP contribution in [0.3, 0.4) is 0 Å². The van der Waals surface area contributed by atoms with E-state index < -0.39 is 7.60 Å². The Morgan fingerprint density at radius 1 is 1.04 bits per heavy atom. The van der Waals surface area contributed by atoms with E-state index in [-0.39, 0.29) is 28.4 Å². The van der Waals surface area contributed by atoms with Gasteiger partial charge in [-0.05, 0) is 0 Å². The summed E-state index contributed by atoms with van der Waals surface area (Å²) in [4.78, 5) is 10.7. The van der Waals surface area contributed by atoms with Crippen LogP contribution in [0, 0.1) is 0 Å². The molecule has 0 aliphatic heterocycles. The maximum Gasteiger partial charge on any atom is -1.00 e. The number of benzene rings is 2. The molecule has 2 aromatic rings. The van der Waals surface area contributed by atoms with Gasteiger partial charge < -0.3 is 24.8 Å². The van der Waals surface area contributed by atoms with E-state index >= 15 is 0 Å². The smallest absolute Gasteiger partial charge is 1.00 e. The van der Waals surface area contributed by atoms with Gasteiger partial charge >= 0.3 is 155 Å². The average molecular weight is 483 g/mol. The molecule has 26 heavy (non-hydrogen) atoms. The molecule has 0 bridgehead atoms. The minimum absolute atomic E-state index is 0. The SMILES string of the molecule is C=C1C=c2ccccc2=C1OP(=O)(O)C1=Cc2ccccc2[CH]1[Zr+2].[Cl-].[Cl-]. The van der Waals surface area contributed by atoms with E-state index in [2.05, 4.69) is 6.58 Å². The Morgan fingerprint density at radius 2 is 1.69 bits per heavy atom. The summed E-state index contributed by atoms with van der Waals surface area (Å²) >= 11 is 1.17. The Kier molecular flexibility index (Phi) is 6.59. The first-order valence-corrected chi connectivity index (χ1v) is 10.5. The minimum Gasteiger partial charge on any atom is -1.00 e. The third-order valence-corrected chi connectivity index (χ3v) is 7.87. The molecule has 7 heteroatoms. The molecule has 2 unspecified atom stereocenters. The van der Waals surface area contributed by atoms with Crippen LogP contribution in [-0.2, 0) is 33.8 Å². The summed E-state index contributed by atoms with van der Waals surface area (Å²) in [5.41, 5.74) is 2.71. The van der Waals surface area contributed by atoms with Crippen molar-refractivity contribution in [2.45, 2.75) is 3.63 Å². The topological polar surface area (TPSA) is 46.5 Å². The fourth-order valence-corrected chi connectivity index (χ4v) is 6.48. The Bertz CT molecular complexity index is 1080. The molecule has 0 saturated heterocycles. The van der Waals surface area contributed by atoms with Gasteiger partial charge in [0.25, 0.3) is 0 Å². The molecule has 0 fully saturated rings. The first-order chi connectivity index (χ1) is 11.5. The molecule has 4 rings (SSSR count). The van der Waals surface area contributed by atoms with E-state index in [9.17, 15) is 9.46 Å². The molecule has 1 N–H and O–H groups in total. The van der Waals surface area contributed by atoms with Crippen LogP contribution in [0.1, 0.15) is 14.8 Å². The van der Waals surface area contributed by atoms with Crippen LogP contribution in [-0.4, -0.2) is 4.89 Å². The van der Waals surface area contributed by atoms with E-state index in [0.29, 0.717) is 16.6 Å². The fraction of sp³-hybridized carbons (Fsp3) is 0.0526. The summed E-state index contributed by atoms with van der Waals surface area (Å²) in [6.07, 6.45) is 3.67. The minimum atomic E-state index is -3.96. The first-order valence-electron chi connectivity index (χ1n) is 7.52. The van der Waals surface area contributed by atoms with Crippen molar-refractivity contribution in [3.05, 3.63) is 87.6 Å². The van der Waals surface area contributed by atoms with Gasteiger partial charge in [0.05, 0.1) is 0 Å². The molecule has 0 saturated carbocycles.